The Balaban J connectivity index is 2.61. The normalized spacial score (nSPS) is 13.6. The van der Waals surface area contributed by atoms with Crippen LogP contribution in [0.2, 0.25) is 0 Å². The van der Waals surface area contributed by atoms with Crippen LogP contribution in [0.5, 0.6) is 0 Å². The van der Waals surface area contributed by atoms with Crippen molar-refractivity contribution in [2.24, 2.45) is 5.92 Å². The van der Waals surface area contributed by atoms with E-state index in [-0.39, 0.29) is 17.9 Å². The molecule has 0 bridgehead atoms. The lowest BCUT2D eigenvalue weighted by Crippen LogP contribution is -2.45. The average Bonchev–Trinajstić information content (AvgIpc) is 2.91. The molecule has 21 heavy (non-hydrogen) atoms. The minimum absolute atomic E-state index is 0.0409. The van der Waals surface area contributed by atoms with Gasteiger partial charge in [0.1, 0.15) is 17.6 Å². The summed E-state index contributed by atoms with van der Waals surface area (Å²) in [6.07, 6.45) is 1.58. The molecular weight excluding hydrogens is 290 g/mol. The maximum absolute atomic E-state index is 12.0. The van der Waals surface area contributed by atoms with Crippen molar-refractivity contribution in [1.82, 2.24) is 15.2 Å². The Hall–Kier alpha value is -1.76. The Morgan fingerprint density at radius 1 is 1.38 bits per heavy atom. The quantitative estimate of drug-likeness (QED) is 0.779. The molecule has 0 saturated heterocycles. The molecule has 7 heteroatoms. The van der Waals surface area contributed by atoms with Crippen molar-refractivity contribution in [3.05, 3.63) is 16.1 Å². The van der Waals surface area contributed by atoms with Crippen molar-refractivity contribution in [2.45, 2.75) is 39.3 Å². The number of thiazole rings is 1. The highest BCUT2D eigenvalue weighted by molar-refractivity contribution is 7.09. The van der Waals surface area contributed by atoms with E-state index in [0.717, 1.165) is 23.3 Å². The van der Waals surface area contributed by atoms with Gasteiger partial charge in [-0.3, -0.25) is 0 Å². The van der Waals surface area contributed by atoms with E-state index in [2.05, 4.69) is 10.3 Å². The molecule has 1 N–H and O–H groups in total. The van der Waals surface area contributed by atoms with E-state index in [4.69, 9.17) is 0 Å². The van der Waals surface area contributed by atoms with Crippen LogP contribution < -0.4 is 5.32 Å². The zero-order valence-electron chi connectivity index (χ0n) is 12.7. The summed E-state index contributed by atoms with van der Waals surface area (Å²) in [6.45, 7) is 5.85. The van der Waals surface area contributed by atoms with Gasteiger partial charge in [0.2, 0.25) is 0 Å². The van der Waals surface area contributed by atoms with E-state index in [1.807, 2.05) is 19.2 Å². The predicted molar refractivity (Wildman–Crippen MR) is 81.3 cm³/mol. The number of hydrogen-bond donors (Lipinski definition) is 1. The number of rotatable bonds is 7. The monoisotopic (exact) mass is 311 g/mol. The van der Waals surface area contributed by atoms with Crippen LogP contribution in [0.25, 0.3) is 0 Å². The highest BCUT2D eigenvalue weighted by Gasteiger charge is 2.18. The SMILES string of the molecule is CC(C=O)c1nc(CN(C)C(=O)N[C@H](C=O)C(C)C)cs1. The first-order chi connectivity index (χ1) is 9.88. The van der Waals surface area contributed by atoms with Crippen molar-refractivity contribution in [3.63, 3.8) is 0 Å². The molecule has 1 heterocycles. The maximum Gasteiger partial charge on any atom is 0.318 e. The lowest BCUT2D eigenvalue weighted by atomic mass is 10.1. The van der Waals surface area contributed by atoms with Gasteiger partial charge >= 0.3 is 6.03 Å². The van der Waals surface area contributed by atoms with Crippen LogP contribution in [-0.4, -0.2) is 41.6 Å². The van der Waals surface area contributed by atoms with Gasteiger partial charge in [0.15, 0.2) is 0 Å². The number of aldehydes is 2. The summed E-state index contributed by atoms with van der Waals surface area (Å²) >= 11 is 1.40. The predicted octanol–water partition coefficient (Wildman–Crippen LogP) is 1.81. The van der Waals surface area contributed by atoms with Gasteiger partial charge in [-0.15, -0.1) is 11.3 Å². The first-order valence-electron chi connectivity index (χ1n) is 6.75. The van der Waals surface area contributed by atoms with Gasteiger partial charge in [0, 0.05) is 12.4 Å². The summed E-state index contributed by atoms with van der Waals surface area (Å²) in [5, 5.41) is 5.24. The summed E-state index contributed by atoms with van der Waals surface area (Å²) in [7, 11) is 1.64. The number of carbonyl (C=O) groups is 3. The lowest BCUT2D eigenvalue weighted by molar-refractivity contribution is -0.110. The molecule has 0 radical (unpaired) electrons. The molecule has 2 atom stereocenters. The van der Waals surface area contributed by atoms with Gasteiger partial charge in [-0.25, -0.2) is 9.78 Å². The Morgan fingerprint density at radius 2 is 2.05 bits per heavy atom. The topological polar surface area (TPSA) is 79.4 Å². The fraction of sp³-hybridized carbons (Fsp3) is 0.571. The lowest BCUT2D eigenvalue weighted by Gasteiger charge is -2.21. The summed E-state index contributed by atoms with van der Waals surface area (Å²) in [6, 6.07) is -0.820. The molecule has 2 amide bonds. The van der Waals surface area contributed by atoms with Crippen LogP contribution in [0.1, 0.15) is 37.4 Å². The van der Waals surface area contributed by atoms with Crippen molar-refractivity contribution in [2.75, 3.05) is 7.05 Å². The Bertz CT molecular complexity index is 501. The second kappa shape index (κ2) is 7.87. The van der Waals surface area contributed by atoms with E-state index in [1.165, 1.54) is 16.2 Å². The molecular formula is C14H21N3O3S. The minimum atomic E-state index is -0.499. The molecule has 0 aliphatic carbocycles. The fourth-order valence-electron chi connectivity index (χ4n) is 1.59. The average molecular weight is 311 g/mol. The number of carbonyl (C=O) groups excluding carboxylic acids is 3. The number of nitrogens with zero attached hydrogens (tertiary/aromatic N) is 2. The molecule has 1 unspecified atom stereocenters. The first-order valence-corrected chi connectivity index (χ1v) is 7.63. The third kappa shape index (κ3) is 4.93. The van der Waals surface area contributed by atoms with E-state index in [0.29, 0.717) is 6.54 Å². The van der Waals surface area contributed by atoms with E-state index >= 15 is 0 Å². The summed E-state index contributed by atoms with van der Waals surface area (Å²) in [5.74, 6) is -0.192. The molecule has 6 nitrogen and oxygen atoms in total. The standard InChI is InChI=1S/C14H21N3O3S/c1-9(2)12(7-19)16-14(20)17(4)5-11-8-21-13(15-11)10(3)6-18/h6-10,12H,5H2,1-4H3,(H,16,20)/t10?,12-/m1/s1. The summed E-state index contributed by atoms with van der Waals surface area (Å²) in [4.78, 5) is 39.4. The van der Waals surface area contributed by atoms with E-state index in [1.54, 1.807) is 14.0 Å². The van der Waals surface area contributed by atoms with Gasteiger partial charge < -0.3 is 19.8 Å². The molecule has 0 spiro atoms. The molecule has 1 rings (SSSR count). The summed E-state index contributed by atoms with van der Waals surface area (Å²) in [5.41, 5.74) is 0.730. The van der Waals surface area contributed by atoms with Gasteiger partial charge in [-0.2, -0.15) is 0 Å². The third-order valence-electron chi connectivity index (χ3n) is 3.06. The molecule has 0 saturated carbocycles. The van der Waals surface area contributed by atoms with Crippen LogP contribution in [-0.2, 0) is 16.1 Å². The molecule has 0 fully saturated rings. The third-order valence-corrected chi connectivity index (χ3v) is 4.16. The Morgan fingerprint density at radius 3 is 2.57 bits per heavy atom. The molecule has 0 aromatic carbocycles. The molecule has 1 aromatic heterocycles. The van der Waals surface area contributed by atoms with Crippen LogP contribution in [0.15, 0.2) is 5.38 Å². The number of aromatic nitrogens is 1. The van der Waals surface area contributed by atoms with Crippen molar-refractivity contribution in [1.29, 1.82) is 0 Å². The van der Waals surface area contributed by atoms with E-state index < -0.39 is 6.04 Å². The number of amides is 2. The Labute approximate surface area is 128 Å². The first kappa shape index (κ1) is 17.3. The second-order valence-electron chi connectivity index (χ2n) is 5.31. The highest BCUT2D eigenvalue weighted by atomic mass is 32.1. The zero-order valence-corrected chi connectivity index (χ0v) is 13.5. The minimum Gasteiger partial charge on any atom is -0.328 e. The summed E-state index contributed by atoms with van der Waals surface area (Å²) < 4.78 is 0. The molecule has 1 aromatic rings. The number of hydrogen-bond acceptors (Lipinski definition) is 5. The number of nitrogens with one attached hydrogen (secondary N) is 1. The van der Waals surface area contributed by atoms with Crippen molar-refractivity contribution in [3.8, 4) is 0 Å². The van der Waals surface area contributed by atoms with Gasteiger partial charge in [-0.05, 0) is 12.8 Å². The van der Waals surface area contributed by atoms with Crippen LogP contribution in [0.3, 0.4) is 0 Å². The van der Waals surface area contributed by atoms with Gasteiger partial charge in [0.25, 0.3) is 0 Å². The zero-order chi connectivity index (χ0) is 16.0. The second-order valence-corrected chi connectivity index (χ2v) is 6.20. The molecule has 0 aliphatic heterocycles. The van der Waals surface area contributed by atoms with E-state index in [9.17, 15) is 14.4 Å². The Kier molecular flexibility index (Phi) is 6.48. The fourth-order valence-corrected chi connectivity index (χ4v) is 2.41. The maximum atomic E-state index is 12.0. The van der Waals surface area contributed by atoms with Gasteiger partial charge in [-0.1, -0.05) is 13.8 Å². The smallest absolute Gasteiger partial charge is 0.318 e. The van der Waals surface area contributed by atoms with Gasteiger partial charge in [0.05, 0.1) is 24.2 Å². The van der Waals surface area contributed by atoms with Crippen LogP contribution in [0, 0.1) is 5.92 Å². The van der Waals surface area contributed by atoms with Crippen molar-refractivity contribution < 1.29 is 14.4 Å². The number of urea groups is 1. The van der Waals surface area contributed by atoms with Crippen LogP contribution >= 0.6 is 11.3 Å². The van der Waals surface area contributed by atoms with Crippen molar-refractivity contribution >= 4 is 29.9 Å². The molecule has 0 aliphatic rings. The largest absolute Gasteiger partial charge is 0.328 e. The molecule has 116 valence electrons. The highest BCUT2D eigenvalue weighted by Crippen LogP contribution is 2.18. The van der Waals surface area contributed by atoms with Crippen LogP contribution in [0.4, 0.5) is 4.79 Å².